The molecule has 1 fully saturated rings. The highest BCUT2D eigenvalue weighted by molar-refractivity contribution is 7.94. The zero-order valence-corrected chi connectivity index (χ0v) is 21.0. The number of allylic oxidation sites excluding steroid dienone is 1. The van der Waals surface area contributed by atoms with E-state index in [2.05, 4.69) is 38.6 Å². The van der Waals surface area contributed by atoms with Crippen LogP contribution in [0.1, 0.15) is 40.7 Å². The zero-order valence-electron chi connectivity index (χ0n) is 20.2. The maximum atomic E-state index is 12.8. The highest BCUT2D eigenvalue weighted by Gasteiger charge is 2.34. The lowest BCUT2D eigenvalue weighted by atomic mass is 9.88. The molecule has 0 saturated carbocycles. The Balaban J connectivity index is 1.18. The van der Waals surface area contributed by atoms with Crippen LogP contribution in [-0.2, 0) is 20.2 Å². The van der Waals surface area contributed by atoms with Crippen LogP contribution >= 0.6 is 12.0 Å². The minimum absolute atomic E-state index is 0.0159. The van der Waals surface area contributed by atoms with Gasteiger partial charge in [-0.3, -0.25) is 14.5 Å². The monoisotopic (exact) mass is 535 g/mol. The molecule has 1 atom stereocenters. The summed E-state index contributed by atoms with van der Waals surface area (Å²) < 4.78 is 43.4. The summed E-state index contributed by atoms with van der Waals surface area (Å²) >= 11 is 1.17. The number of likely N-dealkylation sites (tertiary alicyclic amines) is 1. The van der Waals surface area contributed by atoms with E-state index >= 15 is 0 Å². The number of carbonyl (C=O) groups is 2. The predicted octanol–water partition coefficient (Wildman–Crippen LogP) is 4.46. The van der Waals surface area contributed by atoms with Crippen molar-refractivity contribution in [3.63, 3.8) is 0 Å². The van der Waals surface area contributed by atoms with Gasteiger partial charge in [0, 0.05) is 29.6 Å². The average Bonchev–Trinajstić information content (AvgIpc) is 2.88. The van der Waals surface area contributed by atoms with E-state index in [9.17, 15) is 22.8 Å². The van der Waals surface area contributed by atoms with Crippen molar-refractivity contribution in [1.82, 2.24) is 15.5 Å². The van der Waals surface area contributed by atoms with E-state index in [1.54, 1.807) is 0 Å². The first-order chi connectivity index (χ1) is 17.7. The van der Waals surface area contributed by atoms with Crippen LogP contribution in [0.3, 0.4) is 0 Å². The van der Waals surface area contributed by atoms with Crippen molar-refractivity contribution in [3.05, 3.63) is 71.3 Å². The fourth-order valence-corrected chi connectivity index (χ4v) is 4.97. The molecule has 2 aromatic carbocycles. The third kappa shape index (κ3) is 7.35. The molecule has 2 aliphatic rings. The van der Waals surface area contributed by atoms with Crippen LogP contribution < -0.4 is 10.6 Å². The minimum Gasteiger partial charge on any atom is -0.349 e. The van der Waals surface area contributed by atoms with Crippen molar-refractivity contribution >= 4 is 29.4 Å². The lowest BCUT2D eigenvalue weighted by Crippen LogP contribution is -2.63. The van der Waals surface area contributed by atoms with E-state index in [4.69, 9.17) is 4.33 Å². The largest absolute Gasteiger partial charge is 0.416 e. The van der Waals surface area contributed by atoms with E-state index in [1.165, 1.54) is 36.4 Å². The van der Waals surface area contributed by atoms with Gasteiger partial charge in [-0.1, -0.05) is 24.3 Å². The van der Waals surface area contributed by atoms with Gasteiger partial charge in [-0.2, -0.15) is 17.5 Å². The minimum atomic E-state index is -4.54. The van der Waals surface area contributed by atoms with Crippen molar-refractivity contribution in [3.8, 4) is 0 Å². The van der Waals surface area contributed by atoms with Crippen LogP contribution in [0.4, 0.5) is 13.2 Å². The molecule has 0 aromatic heterocycles. The molecule has 37 heavy (non-hydrogen) atoms. The molecule has 0 bridgehead atoms. The Bertz CT molecular complexity index is 1150. The van der Waals surface area contributed by atoms with Gasteiger partial charge in [-0.05, 0) is 60.7 Å². The molecule has 198 valence electrons. The molecule has 2 amide bonds. The highest BCUT2D eigenvalue weighted by atomic mass is 32.2. The van der Waals surface area contributed by atoms with Gasteiger partial charge >= 0.3 is 6.18 Å². The summed E-state index contributed by atoms with van der Waals surface area (Å²) in [4.78, 5) is 32.3. The predicted molar refractivity (Wildman–Crippen MR) is 133 cm³/mol. The van der Waals surface area contributed by atoms with Gasteiger partial charge in [-0.25, -0.2) is 4.89 Å². The second-order valence-corrected chi connectivity index (χ2v) is 9.76. The molecule has 1 heterocycles. The Morgan fingerprint density at radius 1 is 1.14 bits per heavy atom. The lowest BCUT2D eigenvalue weighted by Gasteiger charge is -2.45. The standard InChI is InChI=1S/C26H28F3N3O4S/c1-35-36-37-23-7-3-4-18(13-23)17-8-10-22(11-9-17)32-15-21(16-32)31-24(33)14-30-25(34)19-5-2-6-20(12-19)26(27,28)29/h2-8,12-13,21-22H,9-11,14-16H2,1H3,(H,30,34)(H,31,33). The zero-order chi connectivity index (χ0) is 26.4. The molecular formula is C26H28F3N3O4S. The summed E-state index contributed by atoms with van der Waals surface area (Å²) in [6, 6.07) is 12.6. The van der Waals surface area contributed by atoms with Gasteiger partial charge in [0.25, 0.3) is 5.91 Å². The maximum Gasteiger partial charge on any atom is 0.416 e. The molecule has 2 aromatic rings. The van der Waals surface area contributed by atoms with Crippen LogP contribution in [0.25, 0.3) is 5.57 Å². The maximum absolute atomic E-state index is 12.8. The molecule has 0 spiro atoms. The second-order valence-electron chi connectivity index (χ2n) is 8.98. The van der Waals surface area contributed by atoms with E-state index in [0.717, 1.165) is 55.4 Å². The number of halogens is 3. The topological polar surface area (TPSA) is 79.9 Å². The fourth-order valence-electron chi connectivity index (χ4n) is 4.52. The summed E-state index contributed by atoms with van der Waals surface area (Å²) in [6.45, 7) is 1.15. The Morgan fingerprint density at radius 2 is 1.92 bits per heavy atom. The Hall–Kier alpha value is -2.86. The van der Waals surface area contributed by atoms with E-state index in [-0.39, 0.29) is 24.1 Å². The van der Waals surface area contributed by atoms with Gasteiger partial charge < -0.3 is 10.6 Å². The summed E-state index contributed by atoms with van der Waals surface area (Å²) in [5, 5.41) is 5.26. The number of benzene rings is 2. The number of hydrogen-bond acceptors (Lipinski definition) is 6. The molecule has 1 saturated heterocycles. The van der Waals surface area contributed by atoms with E-state index in [0.29, 0.717) is 6.04 Å². The van der Waals surface area contributed by atoms with Gasteiger partial charge in [0.2, 0.25) is 5.91 Å². The van der Waals surface area contributed by atoms with Gasteiger partial charge in [-0.15, -0.1) is 0 Å². The first-order valence-corrected chi connectivity index (χ1v) is 12.6. The third-order valence-electron chi connectivity index (χ3n) is 6.44. The van der Waals surface area contributed by atoms with Crippen LogP contribution in [-0.4, -0.2) is 55.5 Å². The molecule has 1 unspecified atom stereocenters. The Labute approximate surface area is 217 Å². The number of hydrogen-bond donors (Lipinski definition) is 2. The first-order valence-electron chi connectivity index (χ1n) is 11.9. The Morgan fingerprint density at radius 3 is 2.62 bits per heavy atom. The lowest BCUT2D eigenvalue weighted by molar-refractivity contribution is -0.160. The number of nitrogens with one attached hydrogen (secondary N) is 2. The third-order valence-corrected chi connectivity index (χ3v) is 7.09. The molecular weight excluding hydrogens is 507 g/mol. The summed E-state index contributed by atoms with van der Waals surface area (Å²) in [6.07, 6.45) is 0.632. The molecule has 11 heteroatoms. The number of carbonyl (C=O) groups excluding carboxylic acids is 2. The van der Waals surface area contributed by atoms with Crippen LogP contribution in [0.15, 0.2) is 59.5 Å². The summed E-state index contributed by atoms with van der Waals surface area (Å²) in [5.41, 5.74) is 1.42. The quantitative estimate of drug-likeness (QED) is 0.281. The smallest absolute Gasteiger partial charge is 0.349 e. The summed E-state index contributed by atoms with van der Waals surface area (Å²) in [7, 11) is 1.47. The van der Waals surface area contributed by atoms with Crippen LogP contribution in [0.2, 0.25) is 0 Å². The molecule has 2 N–H and O–H groups in total. The molecule has 4 rings (SSSR count). The van der Waals surface area contributed by atoms with Gasteiger partial charge in [0.1, 0.15) is 0 Å². The fraction of sp³-hybridized carbons (Fsp3) is 0.385. The number of alkyl halides is 3. The van der Waals surface area contributed by atoms with Crippen molar-refractivity contribution < 1.29 is 32.0 Å². The van der Waals surface area contributed by atoms with Crippen molar-refractivity contribution in [1.29, 1.82) is 0 Å². The molecule has 1 aliphatic heterocycles. The molecule has 1 aliphatic carbocycles. The second kappa shape index (κ2) is 12.1. The number of rotatable bonds is 9. The molecule has 0 radical (unpaired) electrons. The average molecular weight is 536 g/mol. The normalized spacial score (nSPS) is 18.6. The molecule has 7 nitrogen and oxygen atoms in total. The number of amides is 2. The van der Waals surface area contributed by atoms with Crippen molar-refractivity contribution in [2.24, 2.45) is 0 Å². The van der Waals surface area contributed by atoms with Crippen molar-refractivity contribution in [2.75, 3.05) is 26.7 Å². The van der Waals surface area contributed by atoms with Crippen molar-refractivity contribution in [2.45, 2.75) is 42.4 Å². The SMILES string of the molecule is COOSc1cccc(C2=CCC(N3CC(NC(=O)CNC(=O)c4cccc(C(F)(F)F)c4)C3)CC2)c1. The van der Waals surface area contributed by atoms with Crippen LogP contribution in [0, 0.1) is 0 Å². The highest BCUT2D eigenvalue weighted by Crippen LogP contribution is 2.33. The van der Waals surface area contributed by atoms with Crippen LogP contribution in [0.5, 0.6) is 0 Å². The first kappa shape index (κ1) is 27.2. The van der Waals surface area contributed by atoms with E-state index in [1.807, 2.05) is 12.1 Å². The Kier molecular flexibility index (Phi) is 8.91. The van der Waals surface area contributed by atoms with E-state index < -0.39 is 17.6 Å². The van der Waals surface area contributed by atoms with Gasteiger partial charge in [0.05, 0.1) is 37.3 Å². The number of nitrogens with zero attached hydrogens (tertiary/aromatic N) is 1. The summed E-state index contributed by atoms with van der Waals surface area (Å²) in [5.74, 6) is -1.09. The van der Waals surface area contributed by atoms with Gasteiger partial charge in [0.15, 0.2) is 0 Å².